The van der Waals surface area contributed by atoms with Gasteiger partial charge in [0.05, 0.1) is 11.6 Å². The summed E-state index contributed by atoms with van der Waals surface area (Å²) in [7, 11) is 0. The Morgan fingerprint density at radius 1 is 1.17 bits per heavy atom. The summed E-state index contributed by atoms with van der Waals surface area (Å²) in [6, 6.07) is 18.3. The minimum atomic E-state index is -0.874. The van der Waals surface area contributed by atoms with Crippen LogP contribution in [0.2, 0.25) is 0 Å². The smallest absolute Gasteiger partial charge is 0.326 e. The van der Waals surface area contributed by atoms with Gasteiger partial charge in [0, 0.05) is 12.2 Å². The zero-order valence-electron chi connectivity index (χ0n) is 14.2. The van der Waals surface area contributed by atoms with Gasteiger partial charge in [-0.2, -0.15) is 5.26 Å². The molecule has 0 saturated heterocycles. The second-order valence-electron chi connectivity index (χ2n) is 6.88. The summed E-state index contributed by atoms with van der Waals surface area (Å²) in [5.74, 6) is -0.874. The van der Waals surface area contributed by atoms with E-state index in [9.17, 15) is 9.90 Å². The molecule has 1 unspecified atom stereocenters. The van der Waals surface area contributed by atoms with Gasteiger partial charge in [0.2, 0.25) is 0 Å². The van der Waals surface area contributed by atoms with Gasteiger partial charge in [-0.25, -0.2) is 4.79 Å². The van der Waals surface area contributed by atoms with Gasteiger partial charge >= 0.3 is 5.97 Å². The standard InChI is InChI=1S/C20H22N2O2/c1-20(2,3)18(19(23)24)22(14-15-8-5-4-6-9-15)17-11-7-10-16(12-17)13-21/h4-12,18H,14H2,1-3H3,(H,23,24). The number of aliphatic carboxylic acids is 1. The molecule has 1 N–H and O–H groups in total. The first-order valence-electron chi connectivity index (χ1n) is 7.86. The topological polar surface area (TPSA) is 64.3 Å². The highest BCUT2D eigenvalue weighted by Crippen LogP contribution is 2.31. The van der Waals surface area contributed by atoms with Gasteiger partial charge in [0.1, 0.15) is 6.04 Å². The molecule has 24 heavy (non-hydrogen) atoms. The monoisotopic (exact) mass is 322 g/mol. The molecule has 4 heteroatoms. The zero-order valence-corrected chi connectivity index (χ0v) is 14.2. The van der Waals surface area contributed by atoms with Crippen molar-refractivity contribution < 1.29 is 9.90 Å². The maximum Gasteiger partial charge on any atom is 0.326 e. The first-order valence-corrected chi connectivity index (χ1v) is 7.86. The molecule has 0 saturated carbocycles. The van der Waals surface area contributed by atoms with Crippen LogP contribution < -0.4 is 4.90 Å². The number of hydrogen-bond acceptors (Lipinski definition) is 3. The predicted octanol–water partition coefficient (Wildman–Crippen LogP) is 4.06. The van der Waals surface area contributed by atoms with Crippen molar-refractivity contribution in [3.63, 3.8) is 0 Å². The third-order valence-corrected chi connectivity index (χ3v) is 3.87. The lowest BCUT2D eigenvalue weighted by molar-refractivity contribution is -0.141. The van der Waals surface area contributed by atoms with Crippen LogP contribution in [0.1, 0.15) is 31.9 Å². The summed E-state index contributed by atoms with van der Waals surface area (Å²) in [4.78, 5) is 13.9. The number of rotatable bonds is 5. The second-order valence-corrected chi connectivity index (χ2v) is 6.88. The van der Waals surface area contributed by atoms with Gasteiger partial charge in [-0.1, -0.05) is 57.2 Å². The van der Waals surface area contributed by atoms with Crippen molar-refractivity contribution in [2.75, 3.05) is 4.90 Å². The first-order chi connectivity index (χ1) is 11.3. The van der Waals surface area contributed by atoms with E-state index in [1.54, 1.807) is 18.2 Å². The summed E-state index contributed by atoms with van der Waals surface area (Å²) >= 11 is 0. The van der Waals surface area contributed by atoms with Crippen LogP contribution in [-0.4, -0.2) is 17.1 Å². The molecule has 0 heterocycles. The van der Waals surface area contributed by atoms with Crippen LogP contribution in [0.25, 0.3) is 0 Å². The van der Waals surface area contributed by atoms with E-state index in [0.717, 1.165) is 11.3 Å². The molecule has 0 bridgehead atoms. The van der Waals surface area contributed by atoms with Crippen molar-refractivity contribution in [3.8, 4) is 6.07 Å². The summed E-state index contributed by atoms with van der Waals surface area (Å²) in [5, 5.41) is 19.0. The molecule has 0 radical (unpaired) electrons. The third-order valence-electron chi connectivity index (χ3n) is 3.87. The number of carboxylic acids is 1. The fourth-order valence-electron chi connectivity index (χ4n) is 2.84. The van der Waals surface area contributed by atoms with Crippen molar-refractivity contribution in [2.24, 2.45) is 5.41 Å². The number of hydrogen-bond donors (Lipinski definition) is 1. The van der Waals surface area contributed by atoms with Crippen LogP contribution in [0.15, 0.2) is 54.6 Å². The molecule has 0 amide bonds. The lowest BCUT2D eigenvalue weighted by Gasteiger charge is -2.39. The van der Waals surface area contributed by atoms with Crippen molar-refractivity contribution >= 4 is 11.7 Å². The molecule has 2 aromatic carbocycles. The summed E-state index contributed by atoms with van der Waals surface area (Å²) in [6.07, 6.45) is 0. The Hall–Kier alpha value is -2.80. The van der Waals surface area contributed by atoms with Gasteiger partial charge in [-0.05, 0) is 29.2 Å². The molecule has 1 atom stereocenters. The van der Waals surface area contributed by atoms with Crippen molar-refractivity contribution in [2.45, 2.75) is 33.4 Å². The van der Waals surface area contributed by atoms with E-state index in [1.165, 1.54) is 0 Å². The zero-order chi connectivity index (χ0) is 17.7. The molecule has 2 rings (SSSR count). The number of anilines is 1. The Morgan fingerprint density at radius 2 is 1.83 bits per heavy atom. The minimum absolute atomic E-state index is 0.462. The van der Waals surface area contributed by atoms with Crippen molar-refractivity contribution in [3.05, 3.63) is 65.7 Å². The largest absolute Gasteiger partial charge is 0.480 e. The minimum Gasteiger partial charge on any atom is -0.480 e. The highest BCUT2D eigenvalue weighted by atomic mass is 16.4. The Kier molecular flexibility index (Phi) is 5.25. The third kappa shape index (κ3) is 4.14. The van der Waals surface area contributed by atoms with E-state index in [0.29, 0.717) is 12.1 Å². The summed E-state index contributed by atoms with van der Waals surface area (Å²) < 4.78 is 0. The van der Waals surface area contributed by atoms with E-state index < -0.39 is 17.4 Å². The Morgan fingerprint density at radius 3 is 2.38 bits per heavy atom. The van der Waals surface area contributed by atoms with Crippen LogP contribution in [0.4, 0.5) is 5.69 Å². The number of benzene rings is 2. The van der Waals surface area contributed by atoms with Crippen LogP contribution in [0, 0.1) is 16.7 Å². The Balaban J connectivity index is 2.51. The van der Waals surface area contributed by atoms with Crippen LogP contribution in [0.5, 0.6) is 0 Å². The SMILES string of the molecule is CC(C)(C)C(C(=O)O)N(Cc1ccccc1)c1cccc(C#N)c1. The number of carboxylic acid groups (broad SMARTS) is 1. The van der Waals surface area contributed by atoms with Crippen LogP contribution >= 0.6 is 0 Å². The molecular formula is C20H22N2O2. The van der Waals surface area contributed by atoms with Gasteiger partial charge in [-0.3, -0.25) is 0 Å². The molecule has 0 aliphatic carbocycles. The molecule has 4 nitrogen and oxygen atoms in total. The summed E-state index contributed by atoms with van der Waals surface area (Å²) in [6.45, 7) is 6.21. The van der Waals surface area contributed by atoms with E-state index in [-0.39, 0.29) is 0 Å². The predicted molar refractivity (Wildman–Crippen MR) is 94.7 cm³/mol. The molecule has 0 spiro atoms. The van der Waals surface area contributed by atoms with Gasteiger partial charge < -0.3 is 10.0 Å². The Labute approximate surface area is 143 Å². The lowest BCUT2D eigenvalue weighted by Crippen LogP contribution is -2.49. The molecule has 0 aromatic heterocycles. The fourth-order valence-corrected chi connectivity index (χ4v) is 2.84. The number of carbonyl (C=O) groups is 1. The van der Waals surface area contributed by atoms with Gasteiger partial charge in [0.25, 0.3) is 0 Å². The maximum atomic E-state index is 12.0. The van der Waals surface area contributed by atoms with E-state index in [4.69, 9.17) is 5.26 Å². The van der Waals surface area contributed by atoms with Crippen molar-refractivity contribution in [1.82, 2.24) is 0 Å². The molecule has 0 aliphatic heterocycles. The summed E-state index contributed by atoms with van der Waals surface area (Å²) in [5.41, 5.74) is 1.81. The molecular weight excluding hydrogens is 300 g/mol. The second kappa shape index (κ2) is 7.18. The quantitative estimate of drug-likeness (QED) is 0.901. The molecule has 2 aromatic rings. The van der Waals surface area contributed by atoms with Gasteiger partial charge in [0.15, 0.2) is 0 Å². The molecule has 0 fully saturated rings. The van der Waals surface area contributed by atoms with Crippen LogP contribution in [-0.2, 0) is 11.3 Å². The number of nitrogens with zero attached hydrogens (tertiary/aromatic N) is 2. The highest BCUT2D eigenvalue weighted by molar-refractivity contribution is 5.79. The average molecular weight is 322 g/mol. The normalized spacial score (nSPS) is 12.2. The van der Waals surface area contributed by atoms with Crippen molar-refractivity contribution in [1.29, 1.82) is 5.26 Å². The number of nitriles is 1. The fraction of sp³-hybridized carbons (Fsp3) is 0.300. The molecule has 0 aliphatic rings. The highest BCUT2D eigenvalue weighted by Gasteiger charge is 2.37. The average Bonchev–Trinajstić information content (AvgIpc) is 2.53. The van der Waals surface area contributed by atoms with Crippen LogP contribution in [0.3, 0.4) is 0 Å². The van der Waals surface area contributed by atoms with E-state index in [2.05, 4.69) is 6.07 Å². The van der Waals surface area contributed by atoms with E-state index in [1.807, 2.05) is 62.1 Å². The van der Waals surface area contributed by atoms with Gasteiger partial charge in [-0.15, -0.1) is 0 Å². The molecule has 124 valence electrons. The first kappa shape index (κ1) is 17.6. The maximum absolute atomic E-state index is 12.0. The lowest BCUT2D eigenvalue weighted by atomic mass is 9.85. The Bertz CT molecular complexity index is 742. The van der Waals surface area contributed by atoms with E-state index >= 15 is 0 Å².